The molecular weight excluding hydrogens is 319 g/mol. The van der Waals surface area contributed by atoms with Gasteiger partial charge in [0, 0.05) is 11.8 Å². The maximum Gasteiger partial charge on any atom is 0.277 e. The number of hydrogen-bond donors (Lipinski definition) is 1. The largest absolute Gasteiger partial charge is 0.484 e. The number of halogens is 1. The first-order valence-electron chi connectivity index (χ1n) is 8.48. The van der Waals surface area contributed by atoms with Gasteiger partial charge in [0.1, 0.15) is 11.6 Å². The predicted molar refractivity (Wildman–Crippen MR) is 95.1 cm³/mol. The summed E-state index contributed by atoms with van der Waals surface area (Å²) >= 11 is 0. The van der Waals surface area contributed by atoms with Gasteiger partial charge in [-0.25, -0.2) is 9.82 Å². The van der Waals surface area contributed by atoms with E-state index in [0.717, 1.165) is 31.4 Å². The smallest absolute Gasteiger partial charge is 0.277 e. The molecule has 4 nitrogen and oxygen atoms in total. The average molecular weight is 340 g/mol. The molecule has 2 aromatic carbocycles. The quantitative estimate of drug-likeness (QED) is 0.835. The number of carbonyl (C=O) groups excluding carboxylic acids is 1. The van der Waals surface area contributed by atoms with Crippen molar-refractivity contribution >= 4 is 11.6 Å². The second kappa shape index (κ2) is 8.42. The molecule has 0 heterocycles. The van der Waals surface area contributed by atoms with Crippen LogP contribution in [0.2, 0.25) is 0 Å². The maximum atomic E-state index is 13.0. The lowest BCUT2D eigenvalue weighted by Gasteiger charge is -2.23. The van der Waals surface area contributed by atoms with Crippen LogP contribution in [0.4, 0.5) is 4.39 Å². The number of hydrazone groups is 1. The van der Waals surface area contributed by atoms with E-state index in [2.05, 4.69) is 34.8 Å². The summed E-state index contributed by atoms with van der Waals surface area (Å²) in [7, 11) is 0. The van der Waals surface area contributed by atoms with Gasteiger partial charge in [-0.1, -0.05) is 36.4 Å². The van der Waals surface area contributed by atoms with Crippen LogP contribution in [0, 0.1) is 5.82 Å². The van der Waals surface area contributed by atoms with Gasteiger partial charge >= 0.3 is 0 Å². The van der Waals surface area contributed by atoms with Gasteiger partial charge in [-0.15, -0.1) is 0 Å². The monoisotopic (exact) mass is 340 g/mol. The Morgan fingerprint density at radius 1 is 1.12 bits per heavy atom. The van der Waals surface area contributed by atoms with Crippen LogP contribution in [0.3, 0.4) is 0 Å². The summed E-state index contributed by atoms with van der Waals surface area (Å²) < 4.78 is 18.3. The topological polar surface area (TPSA) is 50.7 Å². The van der Waals surface area contributed by atoms with Crippen LogP contribution < -0.4 is 10.2 Å². The lowest BCUT2D eigenvalue weighted by atomic mass is 9.83. The van der Waals surface area contributed by atoms with Gasteiger partial charge < -0.3 is 4.74 Å². The van der Waals surface area contributed by atoms with Gasteiger partial charge in [0.25, 0.3) is 5.91 Å². The zero-order chi connectivity index (χ0) is 17.5. The Morgan fingerprint density at radius 2 is 1.88 bits per heavy atom. The molecule has 130 valence electrons. The van der Waals surface area contributed by atoms with E-state index in [0.29, 0.717) is 11.7 Å². The molecule has 1 aliphatic rings. The van der Waals surface area contributed by atoms with Gasteiger partial charge in [-0.3, -0.25) is 4.79 Å². The first-order chi connectivity index (χ1) is 12.2. The molecule has 0 unspecified atom stereocenters. The molecule has 3 rings (SSSR count). The SMILES string of the molecule is O=C(COc1cccc(F)c1)NN=C1CCC(c2ccccc2)CC1. The minimum Gasteiger partial charge on any atom is -0.484 e. The number of ether oxygens (including phenoxy) is 1. The highest BCUT2D eigenvalue weighted by Crippen LogP contribution is 2.31. The highest BCUT2D eigenvalue weighted by molar-refractivity contribution is 5.87. The Kier molecular flexibility index (Phi) is 5.77. The Labute approximate surface area is 146 Å². The molecule has 0 saturated heterocycles. The molecule has 0 atom stereocenters. The number of nitrogens with zero attached hydrogens (tertiary/aromatic N) is 1. The standard InChI is InChI=1S/C20H21FN2O2/c21-17-7-4-8-19(13-17)25-14-20(24)23-22-18-11-9-16(10-12-18)15-5-2-1-3-6-15/h1-8,13,16H,9-12,14H2,(H,23,24). The number of nitrogens with one attached hydrogen (secondary N) is 1. The average Bonchev–Trinajstić information content (AvgIpc) is 2.66. The van der Waals surface area contributed by atoms with Crippen molar-refractivity contribution in [3.8, 4) is 5.75 Å². The second-order valence-electron chi connectivity index (χ2n) is 6.14. The van der Waals surface area contributed by atoms with E-state index in [1.165, 1.54) is 23.8 Å². The normalized spacial score (nSPS) is 17.0. The van der Waals surface area contributed by atoms with Crippen LogP contribution in [0.1, 0.15) is 37.2 Å². The number of benzene rings is 2. The Bertz CT molecular complexity index is 736. The molecule has 1 fully saturated rings. The van der Waals surface area contributed by atoms with E-state index in [1.807, 2.05) is 6.07 Å². The molecule has 0 spiro atoms. The van der Waals surface area contributed by atoms with Crippen LogP contribution in [-0.4, -0.2) is 18.2 Å². The fourth-order valence-electron chi connectivity index (χ4n) is 3.00. The van der Waals surface area contributed by atoms with Crippen molar-refractivity contribution in [2.24, 2.45) is 5.10 Å². The predicted octanol–water partition coefficient (Wildman–Crippen LogP) is 4.03. The molecule has 25 heavy (non-hydrogen) atoms. The van der Waals surface area contributed by atoms with Gasteiger partial charge in [-0.2, -0.15) is 5.10 Å². The van der Waals surface area contributed by atoms with Crippen molar-refractivity contribution in [2.45, 2.75) is 31.6 Å². The van der Waals surface area contributed by atoms with Crippen LogP contribution >= 0.6 is 0 Å². The van der Waals surface area contributed by atoms with Crippen LogP contribution in [0.25, 0.3) is 0 Å². The molecule has 1 amide bonds. The molecule has 0 bridgehead atoms. The van der Waals surface area contributed by atoms with Gasteiger partial charge in [-0.05, 0) is 49.3 Å². The van der Waals surface area contributed by atoms with Crippen molar-refractivity contribution in [1.29, 1.82) is 0 Å². The molecule has 1 saturated carbocycles. The fraction of sp³-hybridized carbons (Fsp3) is 0.300. The Morgan fingerprint density at radius 3 is 2.60 bits per heavy atom. The lowest BCUT2D eigenvalue weighted by molar-refractivity contribution is -0.123. The summed E-state index contributed by atoms with van der Waals surface area (Å²) in [6.07, 6.45) is 3.84. The first-order valence-corrected chi connectivity index (χ1v) is 8.48. The summed E-state index contributed by atoms with van der Waals surface area (Å²) in [5, 5.41) is 4.20. The second-order valence-corrected chi connectivity index (χ2v) is 6.14. The molecule has 0 aromatic heterocycles. The maximum absolute atomic E-state index is 13.0. The van der Waals surface area contributed by atoms with Crippen molar-refractivity contribution < 1.29 is 13.9 Å². The number of rotatable bonds is 5. The molecule has 2 aromatic rings. The molecule has 1 aliphatic carbocycles. The van der Waals surface area contributed by atoms with E-state index < -0.39 is 5.82 Å². The summed E-state index contributed by atoms with van der Waals surface area (Å²) in [5.41, 5.74) is 4.90. The van der Waals surface area contributed by atoms with Crippen molar-refractivity contribution in [2.75, 3.05) is 6.61 Å². The first kappa shape index (κ1) is 17.1. The van der Waals surface area contributed by atoms with E-state index in [-0.39, 0.29) is 12.5 Å². The van der Waals surface area contributed by atoms with E-state index in [1.54, 1.807) is 6.07 Å². The number of amides is 1. The van der Waals surface area contributed by atoms with Crippen LogP contribution in [0.5, 0.6) is 5.75 Å². The van der Waals surface area contributed by atoms with Gasteiger partial charge in [0.05, 0.1) is 0 Å². The third-order valence-electron chi connectivity index (χ3n) is 4.34. The van der Waals surface area contributed by atoms with Crippen molar-refractivity contribution in [1.82, 2.24) is 5.43 Å². The molecule has 1 N–H and O–H groups in total. The minimum absolute atomic E-state index is 0.188. The van der Waals surface area contributed by atoms with Gasteiger partial charge in [0.15, 0.2) is 6.61 Å². The lowest BCUT2D eigenvalue weighted by Crippen LogP contribution is -2.26. The van der Waals surface area contributed by atoms with Crippen molar-refractivity contribution in [3.63, 3.8) is 0 Å². The summed E-state index contributed by atoms with van der Waals surface area (Å²) in [4.78, 5) is 11.8. The summed E-state index contributed by atoms with van der Waals surface area (Å²) in [6.45, 7) is -0.188. The van der Waals surface area contributed by atoms with E-state index >= 15 is 0 Å². The number of carbonyl (C=O) groups is 1. The van der Waals surface area contributed by atoms with E-state index in [4.69, 9.17) is 4.74 Å². The number of hydrogen-bond acceptors (Lipinski definition) is 3. The third kappa shape index (κ3) is 5.14. The van der Waals surface area contributed by atoms with Crippen LogP contribution in [0.15, 0.2) is 59.7 Å². The minimum atomic E-state index is -0.395. The van der Waals surface area contributed by atoms with E-state index in [9.17, 15) is 9.18 Å². The zero-order valence-electron chi connectivity index (χ0n) is 14.0. The third-order valence-corrected chi connectivity index (χ3v) is 4.34. The molecular formula is C20H21FN2O2. The fourth-order valence-corrected chi connectivity index (χ4v) is 3.00. The summed E-state index contributed by atoms with van der Waals surface area (Å²) in [5.74, 6) is 0.147. The Hall–Kier alpha value is -2.69. The molecule has 0 aliphatic heterocycles. The summed E-state index contributed by atoms with van der Waals surface area (Å²) in [6, 6.07) is 16.2. The van der Waals surface area contributed by atoms with Crippen LogP contribution in [-0.2, 0) is 4.79 Å². The Balaban J connectivity index is 1.43. The highest BCUT2D eigenvalue weighted by atomic mass is 19.1. The molecule has 0 radical (unpaired) electrons. The highest BCUT2D eigenvalue weighted by Gasteiger charge is 2.19. The van der Waals surface area contributed by atoms with Gasteiger partial charge in [0.2, 0.25) is 0 Å². The molecule has 5 heteroatoms. The van der Waals surface area contributed by atoms with Crippen molar-refractivity contribution in [3.05, 3.63) is 66.0 Å². The zero-order valence-corrected chi connectivity index (χ0v) is 14.0.